The van der Waals surface area contributed by atoms with Crippen molar-refractivity contribution in [1.29, 1.82) is 0 Å². The number of fused-ring (bicyclic) bond motifs is 2. The minimum absolute atomic E-state index is 0.112. The molecule has 4 aromatic rings. The lowest BCUT2D eigenvalue weighted by atomic mass is 9.86. The Morgan fingerprint density at radius 1 is 0.923 bits per heavy atom. The molecule has 0 saturated carbocycles. The molecule has 1 heterocycles. The molecule has 4 nitrogen and oxygen atoms in total. The van der Waals surface area contributed by atoms with Crippen LogP contribution < -0.4 is 0 Å². The highest BCUT2D eigenvalue weighted by molar-refractivity contribution is 6.26. The van der Waals surface area contributed by atoms with Crippen LogP contribution in [0.25, 0.3) is 22.2 Å². The van der Waals surface area contributed by atoms with Gasteiger partial charge in [0.25, 0.3) is 0 Å². The van der Waals surface area contributed by atoms with Crippen LogP contribution in [0.15, 0.2) is 65.2 Å². The number of aromatic hydroxyl groups is 1. The Morgan fingerprint density at radius 2 is 1.65 bits per heavy atom. The van der Waals surface area contributed by atoms with Crippen LogP contribution in [0.1, 0.15) is 27.0 Å². The second kappa shape index (κ2) is 5.33. The lowest BCUT2D eigenvalue weighted by molar-refractivity contribution is 0.103. The van der Waals surface area contributed by atoms with Gasteiger partial charge < -0.3 is 9.63 Å². The summed E-state index contributed by atoms with van der Waals surface area (Å²) in [6.45, 7) is 0. The summed E-state index contributed by atoms with van der Waals surface area (Å²) in [7, 11) is 0. The van der Waals surface area contributed by atoms with Crippen molar-refractivity contribution in [2.75, 3.05) is 0 Å². The third kappa shape index (κ3) is 1.98. The van der Waals surface area contributed by atoms with Crippen molar-refractivity contribution in [1.82, 2.24) is 5.16 Å². The second-order valence-corrected chi connectivity index (χ2v) is 6.04. The van der Waals surface area contributed by atoms with Gasteiger partial charge in [0.1, 0.15) is 11.3 Å². The minimum atomic E-state index is -0.235. The second-order valence-electron chi connectivity index (χ2n) is 6.04. The highest BCUT2D eigenvalue weighted by atomic mass is 16.5. The standard InChI is InChI=1S/C22H11NO3/c24-17-12-14(11-10-13-6-2-1-3-7-13)20-19-18(17)21(25)15-8-4-5-9-16(15)22(19)26-23-20/h1-9,12,24H. The van der Waals surface area contributed by atoms with E-state index in [2.05, 4.69) is 17.0 Å². The first-order chi connectivity index (χ1) is 12.7. The Bertz CT molecular complexity index is 1260. The first kappa shape index (κ1) is 14.5. The van der Waals surface area contributed by atoms with Gasteiger partial charge in [-0.3, -0.25) is 4.79 Å². The molecule has 0 unspecified atom stereocenters. The number of rotatable bonds is 0. The number of phenolic OH excluding ortho intramolecular Hbond substituents is 1. The van der Waals surface area contributed by atoms with Crippen molar-refractivity contribution in [3.63, 3.8) is 0 Å². The minimum Gasteiger partial charge on any atom is -0.507 e. The normalized spacial score (nSPS) is 11.8. The number of ketones is 1. The summed E-state index contributed by atoms with van der Waals surface area (Å²) in [5.74, 6) is 6.22. The largest absolute Gasteiger partial charge is 0.507 e. The molecule has 1 N–H and O–H groups in total. The molecule has 1 aromatic heterocycles. The topological polar surface area (TPSA) is 63.3 Å². The molecule has 0 amide bonds. The Kier molecular flexibility index (Phi) is 2.97. The Hall–Kier alpha value is -3.84. The van der Waals surface area contributed by atoms with Crippen molar-refractivity contribution in [3.8, 4) is 28.9 Å². The van der Waals surface area contributed by atoms with E-state index in [9.17, 15) is 9.90 Å². The average Bonchev–Trinajstić information content (AvgIpc) is 3.11. The van der Waals surface area contributed by atoms with Gasteiger partial charge in [0.2, 0.25) is 0 Å². The predicted molar refractivity (Wildman–Crippen MR) is 97.0 cm³/mol. The Morgan fingerprint density at radius 3 is 2.46 bits per heavy atom. The highest BCUT2D eigenvalue weighted by Gasteiger charge is 2.32. The van der Waals surface area contributed by atoms with E-state index in [4.69, 9.17) is 4.52 Å². The van der Waals surface area contributed by atoms with Crippen LogP contribution in [0.5, 0.6) is 5.75 Å². The van der Waals surface area contributed by atoms with Gasteiger partial charge in [-0.1, -0.05) is 59.5 Å². The van der Waals surface area contributed by atoms with E-state index in [1.807, 2.05) is 42.5 Å². The number of aromatic nitrogens is 1. The van der Waals surface area contributed by atoms with Crippen LogP contribution >= 0.6 is 0 Å². The molecule has 0 saturated heterocycles. The van der Waals surface area contributed by atoms with Crippen molar-refractivity contribution in [2.24, 2.45) is 0 Å². The van der Waals surface area contributed by atoms with Crippen molar-refractivity contribution in [2.45, 2.75) is 0 Å². The third-order valence-electron chi connectivity index (χ3n) is 4.49. The van der Waals surface area contributed by atoms with Gasteiger partial charge in [-0.2, -0.15) is 0 Å². The number of nitrogens with zero attached hydrogens (tertiary/aromatic N) is 1. The number of benzene rings is 3. The van der Waals surface area contributed by atoms with Crippen molar-refractivity contribution in [3.05, 3.63) is 82.9 Å². The quantitative estimate of drug-likeness (QED) is 0.431. The predicted octanol–water partition coefficient (Wildman–Crippen LogP) is 4.14. The highest BCUT2D eigenvalue weighted by Crippen LogP contribution is 2.43. The molecular weight excluding hydrogens is 326 g/mol. The summed E-state index contributed by atoms with van der Waals surface area (Å²) in [5.41, 5.74) is 3.25. The molecule has 0 bridgehead atoms. The average molecular weight is 337 g/mol. The van der Waals surface area contributed by atoms with Gasteiger partial charge in [-0.15, -0.1) is 0 Å². The van der Waals surface area contributed by atoms with Crippen LogP contribution in [-0.2, 0) is 0 Å². The molecule has 0 radical (unpaired) electrons. The number of carbonyl (C=O) groups is 1. The zero-order chi connectivity index (χ0) is 17.7. The van der Waals surface area contributed by atoms with Crippen LogP contribution in [0.4, 0.5) is 0 Å². The maximum atomic E-state index is 12.8. The number of hydrogen-bond donors (Lipinski definition) is 1. The summed E-state index contributed by atoms with van der Waals surface area (Å²) in [5, 5.41) is 15.2. The van der Waals surface area contributed by atoms with Gasteiger partial charge in [-0.05, 0) is 18.2 Å². The van der Waals surface area contributed by atoms with Crippen LogP contribution in [-0.4, -0.2) is 16.0 Å². The summed E-state index contributed by atoms with van der Waals surface area (Å²) in [4.78, 5) is 12.8. The molecule has 1 aliphatic carbocycles. The fourth-order valence-electron chi connectivity index (χ4n) is 3.29. The molecule has 4 heteroatoms. The van der Waals surface area contributed by atoms with Gasteiger partial charge in [0.05, 0.1) is 16.5 Å². The summed E-state index contributed by atoms with van der Waals surface area (Å²) < 4.78 is 5.54. The monoisotopic (exact) mass is 337 g/mol. The molecule has 5 rings (SSSR count). The maximum absolute atomic E-state index is 12.8. The molecule has 0 spiro atoms. The van der Waals surface area contributed by atoms with E-state index in [0.29, 0.717) is 33.4 Å². The first-order valence-corrected chi connectivity index (χ1v) is 8.10. The van der Waals surface area contributed by atoms with Gasteiger partial charge in [0.15, 0.2) is 11.5 Å². The number of carbonyl (C=O) groups excluding carboxylic acids is 1. The van der Waals surface area contributed by atoms with E-state index < -0.39 is 0 Å². The zero-order valence-electron chi connectivity index (χ0n) is 13.5. The lowest BCUT2D eigenvalue weighted by Crippen LogP contribution is -2.09. The van der Waals surface area contributed by atoms with Gasteiger partial charge in [0, 0.05) is 16.7 Å². The van der Waals surface area contributed by atoms with E-state index in [1.165, 1.54) is 6.07 Å². The van der Waals surface area contributed by atoms with Gasteiger partial charge in [-0.25, -0.2) is 0 Å². The molecule has 3 aromatic carbocycles. The lowest BCUT2D eigenvalue weighted by Gasteiger charge is -2.14. The van der Waals surface area contributed by atoms with Crippen LogP contribution in [0, 0.1) is 11.8 Å². The van der Waals surface area contributed by atoms with Crippen molar-refractivity contribution >= 4 is 16.7 Å². The van der Waals surface area contributed by atoms with Crippen LogP contribution in [0.2, 0.25) is 0 Å². The third-order valence-corrected chi connectivity index (χ3v) is 4.49. The van der Waals surface area contributed by atoms with Crippen LogP contribution in [0.3, 0.4) is 0 Å². The summed E-state index contributed by atoms with van der Waals surface area (Å²) in [6.07, 6.45) is 0. The molecule has 1 aliphatic rings. The number of hydrogen-bond acceptors (Lipinski definition) is 4. The van der Waals surface area contributed by atoms with E-state index in [0.717, 1.165) is 5.56 Å². The Balaban J connectivity index is 1.79. The van der Waals surface area contributed by atoms with E-state index >= 15 is 0 Å². The fourth-order valence-corrected chi connectivity index (χ4v) is 3.29. The smallest absolute Gasteiger partial charge is 0.198 e. The molecular formula is C22H11NO3. The Labute approximate surface area is 148 Å². The maximum Gasteiger partial charge on any atom is 0.198 e. The van der Waals surface area contributed by atoms with E-state index in [-0.39, 0.29) is 17.1 Å². The van der Waals surface area contributed by atoms with Gasteiger partial charge >= 0.3 is 0 Å². The SMILES string of the molecule is O=C1c2ccccc2-c2onc3c(C#Cc4ccccc4)cc(O)c1c23. The first-order valence-electron chi connectivity index (χ1n) is 8.10. The molecule has 0 aliphatic heterocycles. The van der Waals surface area contributed by atoms with Crippen molar-refractivity contribution < 1.29 is 14.4 Å². The number of phenols is 1. The molecule has 0 fully saturated rings. The molecule has 122 valence electrons. The zero-order valence-corrected chi connectivity index (χ0v) is 13.5. The van der Waals surface area contributed by atoms with E-state index in [1.54, 1.807) is 12.1 Å². The summed E-state index contributed by atoms with van der Waals surface area (Å²) >= 11 is 0. The summed E-state index contributed by atoms with van der Waals surface area (Å²) in [6, 6.07) is 18.2. The molecule has 26 heavy (non-hydrogen) atoms. The fraction of sp³-hybridized carbons (Fsp3) is 0. The molecule has 0 atom stereocenters.